The first-order valence-electron chi connectivity index (χ1n) is 6.73. The third-order valence-corrected chi connectivity index (χ3v) is 3.68. The summed E-state index contributed by atoms with van der Waals surface area (Å²) in [6, 6.07) is 0. The van der Waals surface area contributed by atoms with Crippen LogP contribution in [0.4, 0.5) is 0 Å². The summed E-state index contributed by atoms with van der Waals surface area (Å²) >= 11 is 0. The lowest BCUT2D eigenvalue weighted by molar-refractivity contribution is -0.142. The Morgan fingerprint density at radius 1 is 1.47 bits per heavy atom. The van der Waals surface area contributed by atoms with Gasteiger partial charge in [-0.05, 0) is 38.3 Å². The Morgan fingerprint density at radius 3 is 2.76 bits per heavy atom. The number of aliphatic hydroxyl groups excluding tert-OH is 1. The topological polar surface area (TPSA) is 60.8 Å². The molecule has 0 amide bonds. The van der Waals surface area contributed by atoms with Gasteiger partial charge in [0.1, 0.15) is 0 Å². The Hall–Kier alpha value is -0.610. The molecule has 0 spiro atoms. The number of aliphatic carboxylic acids is 1. The Bertz CT molecular complexity index is 233. The summed E-state index contributed by atoms with van der Waals surface area (Å²) in [6.07, 6.45) is 4.64. The number of carboxylic acids is 1. The zero-order valence-corrected chi connectivity index (χ0v) is 10.8. The van der Waals surface area contributed by atoms with Crippen LogP contribution in [0.2, 0.25) is 0 Å². The van der Waals surface area contributed by atoms with E-state index in [0.717, 1.165) is 51.7 Å². The number of hydrogen-bond acceptors (Lipinski definition) is 3. The van der Waals surface area contributed by atoms with Crippen molar-refractivity contribution < 1.29 is 15.0 Å². The summed E-state index contributed by atoms with van der Waals surface area (Å²) < 4.78 is 0. The monoisotopic (exact) mass is 243 g/mol. The van der Waals surface area contributed by atoms with Crippen molar-refractivity contribution in [1.82, 2.24) is 4.90 Å². The van der Waals surface area contributed by atoms with Gasteiger partial charge in [-0.3, -0.25) is 4.79 Å². The Kier molecular flexibility index (Phi) is 6.52. The van der Waals surface area contributed by atoms with E-state index in [1.165, 1.54) is 0 Å². The fraction of sp³-hybridized carbons (Fsp3) is 0.923. The van der Waals surface area contributed by atoms with E-state index in [9.17, 15) is 4.79 Å². The second kappa shape index (κ2) is 7.67. The van der Waals surface area contributed by atoms with Crippen molar-refractivity contribution in [3.63, 3.8) is 0 Å². The molecule has 1 heterocycles. The van der Waals surface area contributed by atoms with E-state index < -0.39 is 5.97 Å². The van der Waals surface area contributed by atoms with Gasteiger partial charge in [-0.2, -0.15) is 0 Å². The summed E-state index contributed by atoms with van der Waals surface area (Å²) in [4.78, 5) is 13.4. The summed E-state index contributed by atoms with van der Waals surface area (Å²) in [7, 11) is 0. The van der Waals surface area contributed by atoms with Crippen molar-refractivity contribution in [2.75, 3.05) is 26.2 Å². The summed E-state index contributed by atoms with van der Waals surface area (Å²) in [5, 5.41) is 18.2. The van der Waals surface area contributed by atoms with Crippen LogP contribution in [0.25, 0.3) is 0 Å². The molecule has 1 saturated heterocycles. The third-order valence-electron chi connectivity index (χ3n) is 3.68. The number of likely N-dealkylation sites (tertiary alicyclic amines) is 1. The number of nitrogens with zero attached hydrogens (tertiary/aromatic N) is 1. The molecule has 0 aromatic carbocycles. The molecule has 0 aromatic heterocycles. The van der Waals surface area contributed by atoms with E-state index in [1.807, 2.05) is 0 Å². The second-order valence-corrected chi connectivity index (χ2v) is 5.10. The molecule has 1 aliphatic rings. The normalized spacial score (nSPS) is 22.8. The minimum Gasteiger partial charge on any atom is -0.481 e. The lowest BCUT2D eigenvalue weighted by Gasteiger charge is -2.18. The quantitative estimate of drug-likeness (QED) is 0.679. The summed E-state index contributed by atoms with van der Waals surface area (Å²) in [6.45, 7) is 5.14. The maximum Gasteiger partial charge on any atom is 0.306 e. The van der Waals surface area contributed by atoms with Crippen molar-refractivity contribution in [3.8, 4) is 0 Å². The first-order chi connectivity index (χ1) is 8.17. The van der Waals surface area contributed by atoms with Crippen molar-refractivity contribution in [1.29, 1.82) is 0 Å². The van der Waals surface area contributed by atoms with Crippen LogP contribution in [0.15, 0.2) is 0 Å². The van der Waals surface area contributed by atoms with Crippen LogP contribution in [0.1, 0.15) is 39.0 Å². The van der Waals surface area contributed by atoms with Crippen molar-refractivity contribution in [3.05, 3.63) is 0 Å². The van der Waals surface area contributed by atoms with Crippen molar-refractivity contribution in [2.45, 2.75) is 39.0 Å². The predicted octanol–water partition coefficient (Wildman–Crippen LogP) is 1.58. The average Bonchev–Trinajstić information content (AvgIpc) is 2.76. The van der Waals surface area contributed by atoms with Gasteiger partial charge >= 0.3 is 5.97 Å². The largest absolute Gasteiger partial charge is 0.481 e. The number of aliphatic hydroxyl groups is 1. The molecule has 4 nitrogen and oxygen atoms in total. The number of carbonyl (C=O) groups is 1. The molecule has 0 saturated carbocycles. The molecule has 2 atom stereocenters. The van der Waals surface area contributed by atoms with Crippen molar-refractivity contribution >= 4 is 5.97 Å². The van der Waals surface area contributed by atoms with Crippen molar-refractivity contribution in [2.24, 2.45) is 11.8 Å². The lowest BCUT2D eigenvalue weighted by Crippen LogP contribution is -2.26. The van der Waals surface area contributed by atoms with Gasteiger partial charge in [0.25, 0.3) is 0 Å². The van der Waals surface area contributed by atoms with Crippen LogP contribution in [-0.4, -0.2) is 47.3 Å². The molecule has 0 aromatic rings. The molecule has 2 N–H and O–H groups in total. The smallest absolute Gasteiger partial charge is 0.306 e. The van der Waals surface area contributed by atoms with Crippen LogP contribution < -0.4 is 0 Å². The number of rotatable bonds is 8. The van der Waals surface area contributed by atoms with Gasteiger partial charge in [0, 0.05) is 13.2 Å². The van der Waals surface area contributed by atoms with E-state index in [-0.39, 0.29) is 12.5 Å². The van der Waals surface area contributed by atoms with Crippen LogP contribution in [0, 0.1) is 11.8 Å². The van der Waals surface area contributed by atoms with Crippen LogP contribution >= 0.6 is 0 Å². The molecular formula is C13H25NO3. The first kappa shape index (κ1) is 14.5. The molecule has 1 fully saturated rings. The van der Waals surface area contributed by atoms with Crippen LogP contribution in [-0.2, 0) is 4.79 Å². The number of carboxylic acid groups (broad SMARTS) is 1. The predicted molar refractivity (Wildman–Crippen MR) is 66.9 cm³/mol. The van der Waals surface area contributed by atoms with Gasteiger partial charge in [0.05, 0.1) is 5.92 Å². The molecule has 1 aliphatic heterocycles. The molecular weight excluding hydrogens is 218 g/mol. The highest BCUT2D eigenvalue weighted by Crippen LogP contribution is 2.19. The molecule has 4 heteroatoms. The second-order valence-electron chi connectivity index (χ2n) is 5.10. The van der Waals surface area contributed by atoms with Gasteiger partial charge < -0.3 is 15.1 Å². The first-order valence-corrected chi connectivity index (χ1v) is 6.73. The maximum absolute atomic E-state index is 11.1. The number of hydrogen-bond donors (Lipinski definition) is 2. The Balaban J connectivity index is 2.24. The van der Waals surface area contributed by atoms with Crippen LogP contribution in [0.3, 0.4) is 0 Å². The molecule has 0 bridgehead atoms. The standard InChI is InChI=1S/C13H25NO3/c1-2-3-4-12(13(16)17)6-8-14-7-5-11(9-14)10-15/h11-12,15H,2-10H2,1H3,(H,16,17)/t11-,12?/m1/s1. The minimum atomic E-state index is -0.656. The molecule has 0 aliphatic carbocycles. The Labute approximate surface area is 104 Å². The average molecular weight is 243 g/mol. The molecule has 0 radical (unpaired) electrons. The minimum absolute atomic E-state index is 0.192. The number of unbranched alkanes of at least 4 members (excludes halogenated alkanes) is 1. The van der Waals surface area contributed by atoms with Gasteiger partial charge in [0.2, 0.25) is 0 Å². The van der Waals surface area contributed by atoms with E-state index >= 15 is 0 Å². The van der Waals surface area contributed by atoms with E-state index in [2.05, 4.69) is 11.8 Å². The maximum atomic E-state index is 11.1. The van der Waals surface area contributed by atoms with Gasteiger partial charge in [-0.25, -0.2) is 0 Å². The lowest BCUT2D eigenvalue weighted by atomic mass is 9.98. The SMILES string of the molecule is CCCCC(CCN1CC[C@@H](CO)C1)C(=O)O. The summed E-state index contributed by atoms with van der Waals surface area (Å²) in [5.74, 6) is -0.451. The molecule has 17 heavy (non-hydrogen) atoms. The third kappa shape index (κ3) is 5.04. The van der Waals surface area contributed by atoms with E-state index in [4.69, 9.17) is 10.2 Å². The summed E-state index contributed by atoms with van der Waals surface area (Å²) in [5.41, 5.74) is 0. The highest BCUT2D eigenvalue weighted by atomic mass is 16.4. The fourth-order valence-electron chi connectivity index (χ4n) is 2.45. The van der Waals surface area contributed by atoms with Gasteiger partial charge in [-0.15, -0.1) is 0 Å². The highest BCUT2D eigenvalue weighted by Gasteiger charge is 2.23. The van der Waals surface area contributed by atoms with E-state index in [1.54, 1.807) is 0 Å². The zero-order valence-electron chi connectivity index (χ0n) is 10.8. The van der Waals surface area contributed by atoms with E-state index in [0.29, 0.717) is 5.92 Å². The molecule has 1 rings (SSSR count). The molecule has 1 unspecified atom stereocenters. The van der Waals surface area contributed by atoms with Gasteiger partial charge in [0.15, 0.2) is 0 Å². The fourth-order valence-corrected chi connectivity index (χ4v) is 2.45. The van der Waals surface area contributed by atoms with Crippen LogP contribution in [0.5, 0.6) is 0 Å². The van der Waals surface area contributed by atoms with Gasteiger partial charge in [-0.1, -0.05) is 19.8 Å². The Morgan fingerprint density at radius 2 is 2.24 bits per heavy atom. The molecule has 100 valence electrons. The zero-order chi connectivity index (χ0) is 12.7. The highest BCUT2D eigenvalue weighted by molar-refractivity contribution is 5.69.